The molecule has 0 N–H and O–H groups in total. The summed E-state index contributed by atoms with van der Waals surface area (Å²) in [7, 11) is 3.20. The van der Waals surface area contributed by atoms with E-state index in [1.807, 2.05) is 102 Å². The maximum absolute atomic E-state index is 14.4. The summed E-state index contributed by atoms with van der Waals surface area (Å²) in [5, 5.41) is 5.53. The van der Waals surface area contributed by atoms with E-state index in [-0.39, 0.29) is 48.9 Å². The van der Waals surface area contributed by atoms with Crippen molar-refractivity contribution in [1.29, 1.82) is 0 Å². The Bertz CT molecular complexity index is 3970. The second kappa shape index (κ2) is 32.2. The van der Waals surface area contributed by atoms with Crippen LogP contribution in [0.2, 0.25) is 0 Å². The van der Waals surface area contributed by atoms with Crippen molar-refractivity contribution < 1.29 is 61.2 Å². The first kappa shape index (κ1) is 67.1. The Morgan fingerprint density at radius 2 is 0.925 bits per heavy atom. The molecule has 0 amide bonds. The molecule has 24 heteroatoms. The minimum Gasteiger partial charge on any atom is -0.496 e. The maximum Gasteiger partial charge on any atom is 0.330 e. The Morgan fingerprint density at radius 1 is 0.516 bits per heavy atom. The number of fused-ring (bicyclic) bond motifs is 6. The molecule has 24 nitrogen and oxygen atoms in total. The lowest BCUT2D eigenvalue weighted by Crippen LogP contribution is -2.29. The second-order valence-electron chi connectivity index (χ2n) is 22.6. The molecule has 0 fully saturated rings. The van der Waals surface area contributed by atoms with Crippen LogP contribution in [-0.4, -0.2) is 162 Å². The SMILES string of the molecule is COc1cc2c(cc1-c1c(C)coc1C)ncc1c2n([C@H](C)c2ccccn2)c(=O)n1CC(=O)CCCOCCOCCOCCOCCOCCOCCOCCCC(=O)Cn1c(=O)n([C@H](C)c2ccccn2)c2c3cc(OC)c(-c4c(C)noc4C)cc3ncc21. The van der Waals surface area contributed by atoms with Gasteiger partial charge in [-0.15, -0.1) is 0 Å². The largest absolute Gasteiger partial charge is 0.496 e. The molecule has 0 aliphatic rings. The highest BCUT2D eigenvalue weighted by Gasteiger charge is 2.28. The van der Waals surface area contributed by atoms with Crippen molar-refractivity contribution in [3.05, 3.63) is 147 Å². The van der Waals surface area contributed by atoms with Crippen molar-refractivity contribution in [1.82, 2.24) is 43.4 Å². The quantitative estimate of drug-likeness (QED) is 0.0326. The monoisotopic (exact) mass is 1280 g/mol. The molecule has 10 rings (SSSR count). The van der Waals surface area contributed by atoms with E-state index in [0.717, 1.165) is 33.6 Å². The molecule has 492 valence electrons. The maximum atomic E-state index is 14.4. The van der Waals surface area contributed by atoms with E-state index in [4.69, 9.17) is 61.5 Å². The van der Waals surface area contributed by atoms with Crippen LogP contribution >= 0.6 is 0 Å². The van der Waals surface area contributed by atoms with Gasteiger partial charge in [-0.1, -0.05) is 17.3 Å². The van der Waals surface area contributed by atoms with Gasteiger partial charge in [-0.25, -0.2) is 9.59 Å². The molecule has 2 atom stereocenters. The van der Waals surface area contributed by atoms with Gasteiger partial charge in [0.2, 0.25) is 0 Å². The van der Waals surface area contributed by atoms with Gasteiger partial charge in [0.1, 0.15) is 23.0 Å². The Kier molecular flexibility index (Phi) is 23.2. The molecule has 93 heavy (non-hydrogen) atoms. The Balaban J connectivity index is 0.559. The average Bonchev–Trinajstić information content (AvgIpc) is 1.62. The lowest BCUT2D eigenvalue weighted by Gasteiger charge is -2.15. The predicted octanol–water partition coefficient (Wildman–Crippen LogP) is 9.71. The van der Waals surface area contributed by atoms with E-state index >= 15 is 0 Å². The zero-order valence-corrected chi connectivity index (χ0v) is 54.1. The van der Waals surface area contributed by atoms with Gasteiger partial charge in [0.25, 0.3) is 0 Å². The molecule has 0 aliphatic carbocycles. The van der Waals surface area contributed by atoms with Crippen molar-refractivity contribution in [2.75, 3.05) is 107 Å². The molecular formula is C69H81N9O15. The average molecular weight is 1280 g/mol. The summed E-state index contributed by atoms with van der Waals surface area (Å²) in [5.74, 6) is 2.35. The number of imidazole rings is 2. The summed E-state index contributed by atoms with van der Waals surface area (Å²) in [5.41, 5.74) is 9.37. The molecule has 8 heterocycles. The number of ketones is 2. The molecule has 0 bridgehead atoms. The van der Waals surface area contributed by atoms with Gasteiger partial charge in [-0.2, -0.15) is 0 Å². The smallest absolute Gasteiger partial charge is 0.330 e. The normalized spacial score (nSPS) is 12.5. The Labute approximate surface area is 537 Å². The van der Waals surface area contributed by atoms with Crippen LogP contribution in [0, 0.1) is 27.7 Å². The number of furan rings is 1. The Hall–Kier alpha value is -8.75. The number of pyridine rings is 4. The van der Waals surface area contributed by atoms with Gasteiger partial charge in [0.15, 0.2) is 11.6 Å². The second-order valence-corrected chi connectivity index (χ2v) is 22.6. The van der Waals surface area contributed by atoms with E-state index in [2.05, 4.69) is 15.1 Å². The van der Waals surface area contributed by atoms with Crippen molar-refractivity contribution in [3.8, 4) is 33.8 Å². The number of rotatable bonds is 38. The number of carbonyl (C=O) groups is 2. The van der Waals surface area contributed by atoms with Gasteiger partial charge < -0.3 is 51.6 Å². The molecule has 2 aromatic carbocycles. The van der Waals surface area contributed by atoms with E-state index in [1.165, 1.54) is 9.13 Å². The minimum atomic E-state index is -0.462. The summed E-state index contributed by atoms with van der Waals surface area (Å²) >= 11 is 0. The third-order valence-corrected chi connectivity index (χ3v) is 16.3. The van der Waals surface area contributed by atoms with Gasteiger partial charge >= 0.3 is 11.4 Å². The minimum absolute atomic E-state index is 0.106. The van der Waals surface area contributed by atoms with E-state index < -0.39 is 12.1 Å². The first-order valence-corrected chi connectivity index (χ1v) is 31.4. The number of Topliss-reactive ketones (excluding diaryl/α,β-unsaturated/α-hetero) is 2. The fourth-order valence-electron chi connectivity index (χ4n) is 11.7. The third-order valence-electron chi connectivity index (χ3n) is 16.3. The number of benzene rings is 2. The standard InChI is InChI=1S/C69H81N9O15/c1-44-43-92-48(5)64(44)54-35-58-52(37-62(54)83-7)66-60(39-72-58)75(68(81)77(66)46(3)56-17-9-11-19-70-56)41-50(79)15-13-21-85-23-25-87-27-29-89-31-33-91-34-32-90-30-28-88-26-24-86-22-14-16-51(80)42-76-61-40-73-59-36-55(65-45(2)74-93-49(65)6)63(84-8)38-53(59)67(61)78(69(76)82)47(4)57-18-10-12-20-71-57/h9-12,17-20,35-40,43,46-47H,13-16,21-34,41-42H2,1-8H3/t46-,47-/m1/s1. The number of aryl methyl sites for hydroxylation is 4. The highest BCUT2D eigenvalue weighted by molar-refractivity contribution is 6.07. The van der Waals surface area contributed by atoms with E-state index in [9.17, 15) is 19.2 Å². The van der Waals surface area contributed by atoms with Crippen LogP contribution in [0.1, 0.15) is 85.8 Å². The Morgan fingerprint density at radius 3 is 1.28 bits per heavy atom. The molecule has 0 saturated heterocycles. The van der Waals surface area contributed by atoms with Gasteiger partial charge in [-0.05, 0) is 108 Å². The lowest BCUT2D eigenvalue weighted by atomic mass is 9.99. The fourth-order valence-corrected chi connectivity index (χ4v) is 11.7. The van der Waals surface area contributed by atoms with Crippen molar-refractivity contribution >= 4 is 55.4 Å². The van der Waals surface area contributed by atoms with E-state index in [0.29, 0.717) is 184 Å². The summed E-state index contributed by atoms with van der Waals surface area (Å²) in [6.45, 7) is 16.6. The van der Waals surface area contributed by atoms with Crippen molar-refractivity contribution in [2.45, 2.75) is 92.4 Å². The van der Waals surface area contributed by atoms with Crippen LogP contribution in [-0.2, 0) is 55.8 Å². The number of hydrogen-bond acceptors (Lipinski definition) is 20. The molecule has 10 aromatic rings. The van der Waals surface area contributed by atoms with Gasteiger partial charge in [0.05, 0.1) is 193 Å². The fraction of sp³-hybridized carbons (Fsp3) is 0.435. The molecule has 0 spiro atoms. The topological polar surface area (TPSA) is 262 Å². The zero-order chi connectivity index (χ0) is 65.4. The van der Waals surface area contributed by atoms with Gasteiger partial charge in [-0.3, -0.25) is 47.8 Å². The third kappa shape index (κ3) is 15.7. The summed E-state index contributed by atoms with van der Waals surface area (Å²) < 4.78 is 69.0. The highest BCUT2D eigenvalue weighted by Crippen LogP contribution is 2.42. The molecule has 0 radical (unpaired) electrons. The number of carbonyl (C=O) groups excluding carboxylic acids is 2. The van der Waals surface area contributed by atoms with Crippen LogP contribution < -0.4 is 20.9 Å². The number of nitrogens with zero attached hydrogens (tertiary/aromatic N) is 9. The molecule has 0 aliphatic heterocycles. The van der Waals surface area contributed by atoms with Crippen LogP contribution in [0.3, 0.4) is 0 Å². The van der Waals surface area contributed by atoms with Crippen molar-refractivity contribution in [2.24, 2.45) is 0 Å². The van der Waals surface area contributed by atoms with Crippen molar-refractivity contribution in [3.63, 3.8) is 0 Å². The van der Waals surface area contributed by atoms with Gasteiger partial charge in [0, 0.05) is 65.9 Å². The summed E-state index contributed by atoms with van der Waals surface area (Å²) in [4.78, 5) is 74.4. The number of aromatic nitrogens is 9. The lowest BCUT2D eigenvalue weighted by molar-refractivity contribution is -0.120. The zero-order valence-electron chi connectivity index (χ0n) is 54.1. The van der Waals surface area contributed by atoms with Crippen LogP contribution in [0.5, 0.6) is 11.5 Å². The summed E-state index contributed by atoms with van der Waals surface area (Å²) in [6, 6.07) is 17.9. The van der Waals surface area contributed by atoms with Crippen LogP contribution in [0.15, 0.2) is 110 Å². The summed E-state index contributed by atoms with van der Waals surface area (Å²) in [6.07, 6.45) is 9.83. The molecule has 0 unspecified atom stereocenters. The molecule has 0 saturated carbocycles. The highest BCUT2D eigenvalue weighted by atomic mass is 16.6. The number of ether oxygens (including phenoxy) is 9. The number of methoxy groups -OCH3 is 2. The van der Waals surface area contributed by atoms with Crippen LogP contribution in [0.25, 0.3) is 66.1 Å². The van der Waals surface area contributed by atoms with E-state index in [1.54, 1.807) is 54.4 Å². The number of hydrogen-bond donors (Lipinski definition) is 0. The van der Waals surface area contributed by atoms with Crippen LogP contribution in [0.4, 0.5) is 0 Å². The first-order chi connectivity index (χ1) is 45.3. The molecule has 8 aromatic heterocycles. The molecular weight excluding hydrogens is 1190 g/mol. The predicted molar refractivity (Wildman–Crippen MR) is 349 cm³/mol. The first-order valence-electron chi connectivity index (χ1n) is 31.4.